The molecule has 156 valence electrons. The zero-order valence-electron chi connectivity index (χ0n) is 17.1. The lowest BCUT2D eigenvalue weighted by atomic mass is 10.0. The van der Waals surface area contributed by atoms with E-state index < -0.39 is 5.91 Å². The first-order valence-corrected chi connectivity index (χ1v) is 9.99. The number of nitrogens with one attached hydrogen (secondary N) is 1. The number of ether oxygens (including phenoxy) is 2. The van der Waals surface area contributed by atoms with Gasteiger partial charge in [-0.25, -0.2) is 5.43 Å². The highest BCUT2D eigenvalue weighted by Crippen LogP contribution is 2.26. The molecule has 0 aliphatic rings. The van der Waals surface area contributed by atoms with E-state index in [1.165, 1.54) is 0 Å². The molecule has 1 N–H and O–H groups in total. The summed E-state index contributed by atoms with van der Waals surface area (Å²) in [5.74, 6) is 1.70. The molecule has 0 bridgehead atoms. The Morgan fingerprint density at radius 2 is 1.77 bits per heavy atom. The van der Waals surface area contributed by atoms with Gasteiger partial charge >= 0.3 is 5.91 Å². The van der Waals surface area contributed by atoms with Crippen molar-refractivity contribution in [1.29, 1.82) is 0 Å². The monoisotopic (exact) mass is 414 g/mol. The third-order valence-corrected chi connectivity index (χ3v) is 4.60. The molecule has 0 aliphatic heterocycles. The molecule has 4 rings (SSSR count). The molecule has 0 saturated carbocycles. The summed E-state index contributed by atoms with van der Waals surface area (Å²) in [4.78, 5) is 12.4. The summed E-state index contributed by atoms with van der Waals surface area (Å²) in [6.45, 7) is 2.69. The van der Waals surface area contributed by atoms with Crippen LogP contribution in [0.2, 0.25) is 0 Å². The van der Waals surface area contributed by atoms with Crippen LogP contribution in [-0.4, -0.2) is 18.7 Å². The number of hydrazone groups is 1. The molecule has 0 atom stereocenters. The van der Waals surface area contributed by atoms with Crippen molar-refractivity contribution in [2.24, 2.45) is 5.10 Å². The van der Waals surface area contributed by atoms with E-state index in [1.54, 1.807) is 18.3 Å². The summed E-state index contributed by atoms with van der Waals surface area (Å²) in [6.07, 6.45) is 1.59. The molecule has 6 heteroatoms. The van der Waals surface area contributed by atoms with Gasteiger partial charge in [-0.2, -0.15) is 5.10 Å². The minimum atomic E-state index is -0.444. The molecule has 1 amide bonds. The summed E-state index contributed by atoms with van der Waals surface area (Å²) in [5, 5.41) is 6.17. The van der Waals surface area contributed by atoms with Crippen LogP contribution in [0.4, 0.5) is 0 Å². The summed E-state index contributed by atoms with van der Waals surface area (Å²) < 4.78 is 16.9. The normalized spacial score (nSPS) is 11.0. The van der Waals surface area contributed by atoms with Crippen molar-refractivity contribution in [3.8, 4) is 11.5 Å². The van der Waals surface area contributed by atoms with E-state index in [4.69, 9.17) is 13.9 Å². The molecule has 0 fully saturated rings. The van der Waals surface area contributed by atoms with Gasteiger partial charge in [0.25, 0.3) is 0 Å². The molecule has 31 heavy (non-hydrogen) atoms. The summed E-state index contributed by atoms with van der Waals surface area (Å²) in [7, 11) is 0. The Morgan fingerprint density at radius 1 is 0.968 bits per heavy atom. The summed E-state index contributed by atoms with van der Waals surface area (Å²) in [5.41, 5.74) is 3.31. The number of fused-ring (bicyclic) bond motifs is 1. The van der Waals surface area contributed by atoms with E-state index >= 15 is 0 Å². The van der Waals surface area contributed by atoms with Crippen molar-refractivity contribution < 1.29 is 18.7 Å². The fourth-order valence-corrected chi connectivity index (χ4v) is 3.15. The number of benzene rings is 3. The number of carbonyl (C=O) groups excluding carboxylic acids is 1. The van der Waals surface area contributed by atoms with E-state index in [0.717, 1.165) is 22.1 Å². The molecule has 3 aromatic carbocycles. The van der Waals surface area contributed by atoms with Gasteiger partial charge in [0.1, 0.15) is 23.9 Å². The lowest BCUT2D eigenvalue weighted by Crippen LogP contribution is -2.17. The topological polar surface area (TPSA) is 73.1 Å². The highest BCUT2D eigenvalue weighted by Gasteiger charge is 2.12. The molecule has 0 aliphatic carbocycles. The van der Waals surface area contributed by atoms with E-state index in [1.807, 2.05) is 73.7 Å². The maximum atomic E-state index is 12.4. The van der Waals surface area contributed by atoms with Crippen LogP contribution in [-0.2, 0) is 6.61 Å². The van der Waals surface area contributed by atoms with Gasteiger partial charge in [0.05, 0.1) is 12.8 Å². The predicted molar refractivity (Wildman–Crippen MR) is 120 cm³/mol. The van der Waals surface area contributed by atoms with Crippen LogP contribution < -0.4 is 14.9 Å². The number of rotatable bonds is 8. The Balaban J connectivity index is 1.43. The largest absolute Gasteiger partial charge is 0.493 e. The highest BCUT2D eigenvalue weighted by atomic mass is 16.5. The third kappa shape index (κ3) is 4.93. The zero-order chi connectivity index (χ0) is 21.5. The molecule has 1 aromatic heterocycles. The highest BCUT2D eigenvalue weighted by molar-refractivity contribution is 6.03. The summed E-state index contributed by atoms with van der Waals surface area (Å²) >= 11 is 0. The number of hydrogen-bond donors (Lipinski definition) is 1. The average molecular weight is 414 g/mol. The van der Waals surface area contributed by atoms with Crippen LogP contribution in [0.25, 0.3) is 10.8 Å². The van der Waals surface area contributed by atoms with Gasteiger partial charge in [-0.05, 0) is 48.0 Å². The van der Waals surface area contributed by atoms with Crippen LogP contribution in [0.3, 0.4) is 0 Å². The number of carbonyl (C=O) groups is 1. The van der Waals surface area contributed by atoms with Crippen molar-refractivity contribution in [1.82, 2.24) is 5.43 Å². The Morgan fingerprint density at radius 3 is 2.61 bits per heavy atom. The van der Waals surface area contributed by atoms with Crippen molar-refractivity contribution in [2.75, 3.05) is 6.61 Å². The summed E-state index contributed by atoms with van der Waals surface area (Å²) in [6, 6.07) is 24.5. The van der Waals surface area contributed by atoms with Crippen molar-refractivity contribution in [2.45, 2.75) is 13.5 Å². The van der Waals surface area contributed by atoms with Gasteiger partial charge in [-0.15, -0.1) is 0 Å². The van der Waals surface area contributed by atoms with Crippen molar-refractivity contribution in [3.05, 3.63) is 95.9 Å². The smallest absolute Gasteiger partial charge is 0.307 e. The van der Waals surface area contributed by atoms with Crippen LogP contribution in [0.1, 0.15) is 28.8 Å². The average Bonchev–Trinajstić information content (AvgIpc) is 3.29. The van der Waals surface area contributed by atoms with Gasteiger partial charge in [0, 0.05) is 5.56 Å². The van der Waals surface area contributed by atoms with E-state index in [2.05, 4.69) is 10.5 Å². The Hall–Kier alpha value is -4.06. The molecule has 0 saturated heterocycles. The van der Waals surface area contributed by atoms with Gasteiger partial charge in [0.2, 0.25) is 0 Å². The number of nitrogens with zero attached hydrogens (tertiary/aromatic N) is 1. The molecular formula is C25H22N2O4. The van der Waals surface area contributed by atoms with Gasteiger partial charge < -0.3 is 13.9 Å². The van der Waals surface area contributed by atoms with Gasteiger partial charge in [0.15, 0.2) is 5.76 Å². The van der Waals surface area contributed by atoms with Crippen molar-refractivity contribution in [3.63, 3.8) is 0 Å². The van der Waals surface area contributed by atoms with E-state index in [9.17, 15) is 4.79 Å². The Kier molecular flexibility index (Phi) is 6.28. The lowest BCUT2D eigenvalue weighted by Gasteiger charge is -2.10. The SMILES string of the molecule is CCOc1ccc2ccccc2c1/C=N\NC(=O)c1ccc(COc2ccccc2)o1. The second kappa shape index (κ2) is 9.63. The molecule has 0 radical (unpaired) electrons. The van der Waals surface area contributed by atoms with E-state index in [-0.39, 0.29) is 12.4 Å². The first-order chi connectivity index (χ1) is 15.2. The third-order valence-electron chi connectivity index (χ3n) is 4.60. The van der Waals surface area contributed by atoms with Crippen LogP contribution >= 0.6 is 0 Å². The quantitative estimate of drug-likeness (QED) is 0.319. The Labute approximate surface area is 180 Å². The maximum Gasteiger partial charge on any atom is 0.307 e. The van der Waals surface area contributed by atoms with Crippen LogP contribution in [0, 0.1) is 0 Å². The number of furan rings is 1. The standard InChI is InChI=1S/C25H22N2O4/c1-2-29-23-14-12-18-8-6-7-11-21(18)22(23)16-26-27-25(28)24-15-13-20(31-24)17-30-19-9-4-3-5-10-19/h3-16H,2,17H2,1H3,(H,27,28)/b26-16-. The molecule has 6 nitrogen and oxygen atoms in total. The molecule has 4 aromatic rings. The second-order valence-electron chi connectivity index (χ2n) is 6.70. The Bertz CT molecular complexity index is 1200. The molecule has 0 spiro atoms. The van der Waals surface area contributed by atoms with E-state index in [0.29, 0.717) is 18.1 Å². The molecule has 0 unspecified atom stereocenters. The molecular weight excluding hydrogens is 392 g/mol. The molecule has 1 heterocycles. The maximum absolute atomic E-state index is 12.4. The van der Waals surface area contributed by atoms with Gasteiger partial charge in [-0.1, -0.05) is 48.5 Å². The lowest BCUT2D eigenvalue weighted by molar-refractivity contribution is 0.0923. The number of amides is 1. The second-order valence-corrected chi connectivity index (χ2v) is 6.70. The number of para-hydroxylation sites is 1. The number of hydrogen-bond acceptors (Lipinski definition) is 5. The van der Waals surface area contributed by atoms with Crippen LogP contribution in [0.15, 0.2) is 88.4 Å². The minimum Gasteiger partial charge on any atom is -0.493 e. The first kappa shape index (κ1) is 20.2. The van der Waals surface area contributed by atoms with Crippen LogP contribution in [0.5, 0.6) is 11.5 Å². The fraction of sp³-hybridized carbons (Fsp3) is 0.120. The minimum absolute atomic E-state index is 0.159. The first-order valence-electron chi connectivity index (χ1n) is 9.99. The fourth-order valence-electron chi connectivity index (χ4n) is 3.15. The van der Waals surface area contributed by atoms with Crippen molar-refractivity contribution >= 4 is 22.9 Å². The van der Waals surface area contributed by atoms with Gasteiger partial charge in [-0.3, -0.25) is 4.79 Å². The zero-order valence-corrected chi connectivity index (χ0v) is 17.1. The predicted octanol–water partition coefficient (Wildman–Crippen LogP) is 5.17.